The van der Waals surface area contributed by atoms with E-state index in [1.54, 1.807) is 6.07 Å². The predicted molar refractivity (Wildman–Crippen MR) is 70.8 cm³/mol. The van der Waals surface area contributed by atoms with Crippen molar-refractivity contribution in [1.29, 1.82) is 0 Å². The zero-order valence-corrected chi connectivity index (χ0v) is 11.1. The Hall–Kier alpha value is -1.00. The molecule has 2 saturated heterocycles. The van der Waals surface area contributed by atoms with Crippen molar-refractivity contribution in [3.8, 4) is 0 Å². The normalized spacial score (nSPS) is 25.3. The molecule has 0 spiro atoms. The van der Waals surface area contributed by atoms with Gasteiger partial charge in [0.05, 0.1) is 0 Å². The lowest BCUT2D eigenvalue weighted by molar-refractivity contribution is 0.215. The number of halogens is 2. The maximum atomic E-state index is 13.2. The monoisotopic (exact) mass is 266 g/mol. The molecular weight excluding hydrogens is 246 g/mol. The predicted octanol–water partition coefficient (Wildman–Crippen LogP) is 2.63. The molecule has 2 aliphatic heterocycles. The van der Waals surface area contributed by atoms with Crippen LogP contribution >= 0.6 is 0 Å². The van der Waals surface area contributed by atoms with E-state index in [9.17, 15) is 8.78 Å². The van der Waals surface area contributed by atoms with E-state index >= 15 is 0 Å². The summed E-state index contributed by atoms with van der Waals surface area (Å²) in [6.45, 7) is 5.23. The third-order valence-corrected chi connectivity index (χ3v) is 4.28. The standard InChI is InChI=1S/C15H20F2N2/c16-14-5-4-12(9-15(14)17)10-18-6-2-8-19-7-1-3-13(19)11-18/h4-5,9,13H,1-3,6-8,10-11H2. The minimum Gasteiger partial charge on any atom is -0.299 e. The van der Waals surface area contributed by atoms with Crippen molar-refractivity contribution < 1.29 is 8.78 Å². The van der Waals surface area contributed by atoms with Crippen LogP contribution in [0.3, 0.4) is 0 Å². The molecule has 0 aliphatic carbocycles. The van der Waals surface area contributed by atoms with Crippen molar-refractivity contribution in [2.24, 2.45) is 0 Å². The van der Waals surface area contributed by atoms with E-state index in [4.69, 9.17) is 0 Å². The molecule has 3 rings (SSSR count). The van der Waals surface area contributed by atoms with Crippen molar-refractivity contribution in [2.45, 2.75) is 31.8 Å². The van der Waals surface area contributed by atoms with Gasteiger partial charge in [-0.05, 0) is 56.6 Å². The number of hydrogen-bond acceptors (Lipinski definition) is 2. The largest absolute Gasteiger partial charge is 0.299 e. The van der Waals surface area contributed by atoms with Gasteiger partial charge in [-0.3, -0.25) is 9.80 Å². The summed E-state index contributed by atoms with van der Waals surface area (Å²) in [5, 5.41) is 0. The zero-order valence-electron chi connectivity index (χ0n) is 11.1. The Kier molecular flexibility index (Phi) is 3.80. The van der Waals surface area contributed by atoms with Crippen LogP contribution in [0.4, 0.5) is 8.78 Å². The van der Waals surface area contributed by atoms with Crippen LogP contribution in [0, 0.1) is 11.6 Å². The molecule has 2 nitrogen and oxygen atoms in total. The van der Waals surface area contributed by atoms with E-state index in [1.807, 2.05) is 0 Å². The van der Waals surface area contributed by atoms with Crippen LogP contribution in [0.25, 0.3) is 0 Å². The van der Waals surface area contributed by atoms with Crippen molar-refractivity contribution in [1.82, 2.24) is 9.80 Å². The van der Waals surface area contributed by atoms with E-state index in [0.717, 1.165) is 25.2 Å². The molecule has 1 unspecified atom stereocenters. The van der Waals surface area contributed by atoms with E-state index in [0.29, 0.717) is 6.04 Å². The fourth-order valence-electron chi connectivity index (χ4n) is 3.32. The zero-order chi connectivity index (χ0) is 13.2. The van der Waals surface area contributed by atoms with Gasteiger partial charge >= 0.3 is 0 Å². The van der Waals surface area contributed by atoms with E-state index in [-0.39, 0.29) is 0 Å². The second kappa shape index (κ2) is 5.55. The van der Waals surface area contributed by atoms with Crippen LogP contribution < -0.4 is 0 Å². The quantitative estimate of drug-likeness (QED) is 0.812. The van der Waals surface area contributed by atoms with Crippen LogP contribution in [-0.4, -0.2) is 42.0 Å². The number of nitrogens with zero attached hydrogens (tertiary/aromatic N) is 2. The first-order valence-electron chi connectivity index (χ1n) is 7.13. The Morgan fingerprint density at radius 2 is 1.89 bits per heavy atom. The Morgan fingerprint density at radius 3 is 2.74 bits per heavy atom. The number of benzene rings is 1. The molecule has 0 radical (unpaired) electrons. The van der Waals surface area contributed by atoms with Crippen molar-refractivity contribution in [3.05, 3.63) is 35.4 Å². The summed E-state index contributed by atoms with van der Waals surface area (Å²) in [4.78, 5) is 4.95. The highest BCUT2D eigenvalue weighted by Gasteiger charge is 2.28. The first kappa shape index (κ1) is 13.0. The smallest absolute Gasteiger partial charge is 0.159 e. The molecule has 1 atom stereocenters. The molecular formula is C15H20F2N2. The number of hydrogen-bond donors (Lipinski definition) is 0. The molecule has 0 aromatic heterocycles. The summed E-state index contributed by atoms with van der Waals surface area (Å²) >= 11 is 0. The maximum absolute atomic E-state index is 13.2. The highest BCUT2D eigenvalue weighted by molar-refractivity contribution is 5.17. The van der Waals surface area contributed by atoms with Crippen LogP contribution in [-0.2, 0) is 6.54 Å². The average molecular weight is 266 g/mol. The lowest BCUT2D eigenvalue weighted by Crippen LogP contribution is -2.36. The molecule has 0 N–H and O–H groups in total. The second-order valence-corrected chi connectivity index (χ2v) is 5.67. The highest BCUT2D eigenvalue weighted by atomic mass is 19.2. The summed E-state index contributed by atoms with van der Waals surface area (Å²) in [5.41, 5.74) is 0.866. The third-order valence-electron chi connectivity index (χ3n) is 4.28. The minimum absolute atomic E-state index is 0.660. The summed E-state index contributed by atoms with van der Waals surface area (Å²) in [5.74, 6) is -1.50. The van der Waals surface area contributed by atoms with Crippen molar-refractivity contribution >= 4 is 0 Å². The molecule has 0 amide bonds. The summed E-state index contributed by atoms with van der Waals surface area (Å²) in [7, 11) is 0. The Morgan fingerprint density at radius 1 is 1.05 bits per heavy atom. The van der Waals surface area contributed by atoms with Gasteiger partial charge in [0.15, 0.2) is 11.6 Å². The van der Waals surface area contributed by atoms with E-state index in [1.165, 1.54) is 44.5 Å². The third kappa shape index (κ3) is 2.95. The first-order chi connectivity index (χ1) is 9.22. The Bertz CT molecular complexity index is 450. The van der Waals surface area contributed by atoms with Gasteiger partial charge in [-0.2, -0.15) is 0 Å². The van der Waals surface area contributed by atoms with Crippen LogP contribution in [0.2, 0.25) is 0 Å². The lowest BCUT2D eigenvalue weighted by Gasteiger charge is -2.25. The van der Waals surface area contributed by atoms with Crippen molar-refractivity contribution in [2.75, 3.05) is 26.2 Å². The van der Waals surface area contributed by atoms with Gasteiger partial charge in [-0.1, -0.05) is 6.07 Å². The van der Waals surface area contributed by atoms with Crippen molar-refractivity contribution in [3.63, 3.8) is 0 Å². The van der Waals surface area contributed by atoms with Crippen LogP contribution in [0.15, 0.2) is 18.2 Å². The molecule has 2 fully saturated rings. The van der Waals surface area contributed by atoms with Gasteiger partial charge in [0, 0.05) is 19.1 Å². The molecule has 1 aromatic rings. The molecule has 19 heavy (non-hydrogen) atoms. The number of fused-ring (bicyclic) bond motifs is 1. The fourth-order valence-corrected chi connectivity index (χ4v) is 3.32. The Balaban J connectivity index is 1.66. The van der Waals surface area contributed by atoms with E-state index < -0.39 is 11.6 Å². The van der Waals surface area contributed by atoms with Gasteiger partial charge in [0.2, 0.25) is 0 Å². The SMILES string of the molecule is Fc1ccc(CN2CCCN3CCCC3C2)cc1F. The van der Waals surface area contributed by atoms with Gasteiger partial charge in [-0.25, -0.2) is 8.78 Å². The summed E-state index contributed by atoms with van der Waals surface area (Å²) < 4.78 is 26.1. The summed E-state index contributed by atoms with van der Waals surface area (Å²) in [6.07, 6.45) is 3.73. The first-order valence-corrected chi connectivity index (χ1v) is 7.13. The lowest BCUT2D eigenvalue weighted by atomic mass is 10.1. The molecule has 104 valence electrons. The fraction of sp³-hybridized carbons (Fsp3) is 0.600. The Labute approximate surface area is 113 Å². The van der Waals surface area contributed by atoms with Gasteiger partial charge in [-0.15, -0.1) is 0 Å². The molecule has 2 aliphatic rings. The van der Waals surface area contributed by atoms with Gasteiger partial charge in [0.25, 0.3) is 0 Å². The topological polar surface area (TPSA) is 6.48 Å². The molecule has 0 bridgehead atoms. The average Bonchev–Trinajstić information content (AvgIpc) is 2.73. The number of rotatable bonds is 2. The maximum Gasteiger partial charge on any atom is 0.159 e. The minimum atomic E-state index is -0.762. The van der Waals surface area contributed by atoms with Crippen LogP contribution in [0.1, 0.15) is 24.8 Å². The van der Waals surface area contributed by atoms with E-state index in [2.05, 4.69) is 9.80 Å². The molecule has 1 aromatic carbocycles. The molecule has 0 saturated carbocycles. The molecule has 2 heterocycles. The van der Waals surface area contributed by atoms with Crippen LogP contribution in [0.5, 0.6) is 0 Å². The second-order valence-electron chi connectivity index (χ2n) is 5.67. The summed E-state index contributed by atoms with van der Waals surface area (Å²) in [6, 6.07) is 4.90. The van der Waals surface area contributed by atoms with Gasteiger partial charge < -0.3 is 0 Å². The molecule has 4 heteroatoms. The highest BCUT2D eigenvalue weighted by Crippen LogP contribution is 2.22. The van der Waals surface area contributed by atoms with Gasteiger partial charge in [0.1, 0.15) is 0 Å².